The molecule has 2 atom stereocenters. The van der Waals surface area contributed by atoms with Crippen molar-refractivity contribution in [3.63, 3.8) is 0 Å². The molecule has 0 N–H and O–H groups in total. The van der Waals surface area contributed by atoms with E-state index in [1.54, 1.807) is 4.90 Å². The van der Waals surface area contributed by atoms with E-state index in [-0.39, 0.29) is 17.3 Å². The third kappa shape index (κ3) is 2.37. The Morgan fingerprint density at radius 3 is 2.39 bits per heavy atom. The van der Waals surface area contributed by atoms with Crippen molar-refractivity contribution < 1.29 is 13.6 Å². The highest BCUT2D eigenvalue weighted by Gasteiger charge is 2.27. The number of carbonyl (C=O) groups is 1. The average Bonchev–Trinajstić information content (AvgIpc) is 2.30. The number of carbonyl (C=O) groups excluding carboxylic acids is 1. The van der Waals surface area contributed by atoms with Gasteiger partial charge in [0.2, 0.25) is 0 Å². The summed E-state index contributed by atoms with van der Waals surface area (Å²) in [5.41, 5.74) is 0.0341. The smallest absolute Gasteiger partial charge is 0.150 e. The fraction of sp³-hybridized carbons (Fsp3) is 0.500. The predicted octanol–water partition coefficient (Wildman–Crippen LogP) is 3.40. The maximum Gasteiger partial charge on any atom is 0.150 e. The Balaban J connectivity index is 2.36. The Hall–Kier alpha value is -1.45. The zero-order valence-corrected chi connectivity index (χ0v) is 10.6. The molecule has 0 aromatic heterocycles. The lowest BCUT2D eigenvalue weighted by Crippen LogP contribution is -2.41. The average molecular weight is 253 g/mol. The Labute approximate surface area is 106 Å². The number of nitrogens with zero attached hydrogens (tertiary/aromatic N) is 1. The van der Waals surface area contributed by atoms with Crippen LogP contribution in [0.4, 0.5) is 14.5 Å². The van der Waals surface area contributed by atoms with Crippen LogP contribution in [0.2, 0.25) is 0 Å². The van der Waals surface area contributed by atoms with Crippen LogP contribution >= 0.6 is 0 Å². The molecule has 0 saturated carbocycles. The highest BCUT2D eigenvalue weighted by atomic mass is 19.1. The van der Waals surface area contributed by atoms with Crippen molar-refractivity contribution in [2.45, 2.75) is 32.7 Å². The van der Waals surface area contributed by atoms with Crippen molar-refractivity contribution in [1.82, 2.24) is 0 Å². The number of hydrogen-bond donors (Lipinski definition) is 0. The summed E-state index contributed by atoms with van der Waals surface area (Å²) in [6.45, 7) is 4.77. The number of anilines is 1. The number of halogens is 2. The van der Waals surface area contributed by atoms with Crippen molar-refractivity contribution in [1.29, 1.82) is 0 Å². The second-order valence-corrected chi connectivity index (χ2v) is 5.12. The van der Waals surface area contributed by atoms with Gasteiger partial charge in [0.1, 0.15) is 23.6 Å². The van der Waals surface area contributed by atoms with E-state index in [0.29, 0.717) is 18.7 Å². The fourth-order valence-electron chi connectivity index (χ4n) is 2.67. The number of benzene rings is 1. The molecule has 1 aliphatic rings. The highest BCUT2D eigenvalue weighted by Crippen LogP contribution is 2.32. The minimum absolute atomic E-state index is 0.000000000000000444. The first-order valence-electron chi connectivity index (χ1n) is 6.23. The minimum atomic E-state index is -0.654. The number of aldehydes is 1. The Kier molecular flexibility index (Phi) is 3.64. The lowest BCUT2D eigenvalue weighted by Gasteiger charge is -2.38. The van der Waals surface area contributed by atoms with E-state index in [1.807, 2.05) is 6.92 Å². The van der Waals surface area contributed by atoms with Gasteiger partial charge in [0.25, 0.3) is 0 Å². The van der Waals surface area contributed by atoms with E-state index in [9.17, 15) is 13.6 Å². The van der Waals surface area contributed by atoms with Crippen LogP contribution in [0.3, 0.4) is 0 Å². The lowest BCUT2D eigenvalue weighted by atomic mass is 9.92. The van der Waals surface area contributed by atoms with Gasteiger partial charge in [-0.3, -0.25) is 4.79 Å². The van der Waals surface area contributed by atoms with Crippen molar-refractivity contribution in [3.05, 3.63) is 29.3 Å². The first-order valence-corrected chi connectivity index (χ1v) is 6.23. The maximum absolute atomic E-state index is 13.9. The van der Waals surface area contributed by atoms with Gasteiger partial charge in [0.05, 0.1) is 0 Å². The molecule has 1 aliphatic heterocycles. The highest BCUT2D eigenvalue weighted by molar-refractivity contribution is 5.76. The summed E-state index contributed by atoms with van der Waals surface area (Å²) in [6, 6.07) is 2.30. The molecule has 1 aromatic carbocycles. The van der Waals surface area contributed by atoms with Gasteiger partial charge in [-0.15, -0.1) is 0 Å². The van der Waals surface area contributed by atoms with Crippen LogP contribution in [0.15, 0.2) is 12.1 Å². The summed E-state index contributed by atoms with van der Waals surface area (Å²) < 4.78 is 27.8. The molecule has 1 heterocycles. The summed E-state index contributed by atoms with van der Waals surface area (Å²) in [5.74, 6) is -0.728. The van der Waals surface area contributed by atoms with Crippen molar-refractivity contribution in [3.8, 4) is 0 Å². The molecule has 0 aliphatic carbocycles. The van der Waals surface area contributed by atoms with Gasteiger partial charge in [0, 0.05) is 18.2 Å². The number of hydrogen-bond acceptors (Lipinski definition) is 2. The van der Waals surface area contributed by atoms with Crippen molar-refractivity contribution in [2.24, 2.45) is 5.92 Å². The Bertz CT molecular complexity index is 438. The van der Waals surface area contributed by atoms with Gasteiger partial charge in [-0.25, -0.2) is 8.78 Å². The fourth-order valence-corrected chi connectivity index (χ4v) is 2.67. The molecule has 1 saturated heterocycles. The molecule has 4 heteroatoms. The summed E-state index contributed by atoms with van der Waals surface area (Å²) >= 11 is 0. The number of rotatable bonds is 2. The summed E-state index contributed by atoms with van der Waals surface area (Å²) in [5, 5.41) is 0. The van der Waals surface area contributed by atoms with Gasteiger partial charge in [-0.05, 0) is 37.8 Å². The number of piperidine rings is 1. The second kappa shape index (κ2) is 5.04. The van der Waals surface area contributed by atoms with Crippen molar-refractivity contribution in [2.75, 3.05) is 11.4 Å². The lowest BCUT2D eigenvalue weighted by molar-refractivity contribution is 0.112. The van der Waals surface area contributed by atoms with E-state index < -0.39 is 11.6 Å². The van der Waals surface area contributed by atoms with Crippen LogP contribution in [-0.4, -0.2) is 18.9 Å². The molecular formula is C14H17F2NO. The van der Waals surface area contributed by atoms with Crippen LogP contribution in [0, 0.1) is 17.6 Å². The van der Waals surface area contributed by atoms with Crippen molar-refractivity contribution >= 4 is 12.0 Å². The molecule has 2 unspecified atom stereocenters. The largest absolute Gasteiger partial charge is 0.364 e. The van der Waals surface area contributed by atoms with E-state index in [4.69, 9.17) is 0 Å². The van der Waals surface area contributed by atoms with Gasteiger partial charge in [-0.1, -0.05) is 6.92 Å². The first kappa shape index (κ1) is 13.0. The van der Waals surface area contributed by atoms with Gasteiger partial charge in [-0.2, -0.15) is 0 Å². The summed E-state index contributed by atoms with van der Waals surface area (Å²) in [6.07, 6.45) is 2.31. The molecule has 0 amide bonds. The molecule has 2 nitrogen and oxygen atoms in total. The standard InChI is InChI=1S/C14H17F2NO/c1-9-3-4-17(10(2)5-9)14-12(15)6-11(8-18)7-13(14)16/h6-10H,3-5H2,1-2H3. The third-order valence-corrected chi connectivity index (χ3v) is 3.60. The van der Waals surface area contributed by atoms with E-state index >= 15 is 0 Å². The van der Waals surface area contributed by atoms with Crippen LogP contribution < -0.4 is 4.90 Å². The van der Waals surface area contributed by atoms with E-state index in [0.717, 1.165) is 25.0 Å². The zero-order chi connectivity index (χ0) is 13.3. The first-order chi connectivity index (χ1) is 8.52. The zero-order valence-electron chi connectivity index (χ0n) is 10.6. The molecule has 18 heavy (non-hydrogen) atoms. The molecule has 0 bridgehead atoms. The second-order valence-electron chi connectivity index (χ2n) is 5.12. The Morgan fingerprint density at radius 2 is 1.89 bits per heavy atom. The van der Waals surface area contributed by atoms with Gasteiger partial charge < -0.3 is 4.90 Å². The summed E-state index contributed by atoms with van der Waals surface area (Å²) in [4.78, 5) is 12.3. The monoisotopic (exact) mass is 253 g/mol. The maximum atomic E-state index is 13.9. The summed E-state index contributed by atoms with van der Waals surface area (Å²) in [7, 11) is 0. The van der Waals surface area contributed by atoms with E-state index in [2.05, 4.69) is 6.92 Å². The SMILES string of the molecule is CC1CCN(c2c(F)cc(C=O)cc2F)C(C)C1. The van der Waals surface area contributed by atoms with Crippen LogP contribution in [-0.2, 0) is 0 Å². The van der Waals surface area contributed by atoms with E-state index in [1.165, 1.54) is 0 Å². The normalized spacial score (nSPS) is 24.1. The minimum Gasteiger partial charge on any atom is -0.364 e. The Morgan fingerprint density at radius 1 is 1.28 bits per heavy atom. The molecule has 1 fully saturated rings. The molecule has 1 aromatic rings. The molecule has 0 spiro atoms. The van der Waals surface area contributed by atoms with Crippen LogP contribution in [0.5, 0.6) is 0 Å². The molecule has 2 rings (SSSR count). The third-order valence-electron chi connectivity index (χ3n) is 3.60. The molecular weight excluding hydrogens is 236 g/mol. The molecule has 0 radical (unpaired) electrons. The van der Waals surface area contributed by atoms with Crippen LogP contribution in [0.1, 0.15) is 37.0 Å². The topological polar surface area (TPSA) is 20.3 Å². The predicted molar refractivity (Wildman–Crippen MR) is 67.0 cm³/mol. The quantitative estimate of drug-likeness (QED) is 0.753. The van der Waals surface area contributed by atoms with Gasteiger partial charge in [0.15, 0.2) is 0 Å². The molecule has 98 valence electrons. The van der Waals surface area contributed by atoms with Crippen LogP contribution in [0.25, 0.3) is 0 Å². The van der Waals surface area contributed by atoms with Gasteiger partial charge >= 0.3 is 0 Å².